The smallest absolute Gasteiger partial charge is 0.358 e. The second-order valence-electron chi connectivity index (χ2n) is 3.13. The molecule has 1 aromatic heterocycles. The van der Waals surface area contributed by atoms with Gasteiger partial charge in [-0.3, -0.25) is 0 Å². The van der Waals surface area contributed by atoms with E-state index in [-0.39, 0.29) is 5.97 Å². The summed E-state index contributed by atoms with van der Waals surface area (Å²) in [6, 6.07) is 0. The molecular weight excluding hydrogens is 212 g/mol. The van der Waals surface area contributed by atoms with Gasteiger partial charge in [-0.15, -0.1) is 11.3 Å². The second-order valence-corrected chi connectivity index (χ2v) is 4.41. The van der Waals surface area contributed by atoms with E-state index >= 15 is 0 Å². The van der Waals surface area contributed by atoms with Gasteiger partial charge in [-0.2, -0.15) is 0 Å². The number of rotatable bonds is 5. The van der Waals surface area contributed by atoms with Gasteiger partial charge >= 0.3 is 5.97 Å². The summed E-state index contributed by atoms with van der Waals surface area (Å²) < 4.78 is 4.91. The number of aromatic nitrogens is 1. The lowest BCUT2D eigenvalue weighted by Gasteiger charge is -1.97. The Kier molecular flexibility index (Phi) is 4.71. The molecule has 0 atom stereocenters. The molecule has 4 nitrogen and oxygen atoms in total. The fraction of sp³-hybridized carbons (Fsp3) is 0.600. The lowest BCUT2D eigenvalue weighted by atomic mass is 10.3. The van der Waals surface area contributed by atoms with E-state index in [1.165, 1.54) is 0 Å². The minimum atomic E-state index is -0.328. The minimum absolute atomic E-state index is 0.328. The Bertz CT molecular complexity index is 336. The molecule has 0 unspecified atom stereocenters. The first-order chi connectivity index (χ1) is 7.19. The van der Waals surface area contributed by atoms with Crippen LogP contribution in [0.15, 0.2) is 0 Å². The highest BCUT2D eigenvalue weighted by molar-refractivity contribution is 7.11. The molecule has 2 N–H and O–H groups in total. The molecule has 0 aliphatic heterocycles. The molecular formula is C10H16N2O2S. The second kappa shape index (κ2) is 5.82. The summed E-state index contributed by atoms with van der Waals surface area (Å²) in [6.45, 7) is 4.70. The quantitative estimate of drug-likeness (QED) is 0.776. The Balaban J connectivity index is 2.72. The fourth-order valence-corrected chi connectivity index (χ4v) is 2.16. The number of nitrogens with two attached hydrogens (primary N) is 1. The molecule has 0 aromatic carbocycles. The molecule has 0 aliphatic rings. The Hall–Kier alpha value is -0.940. The molecule has 1 heterocycles. The van der Waals surface area contributed by atoms with Gasteiger partial charge in [-0.25, -0.2) is 9.78 Å². The van der Waals surface area contributed by atoms with Gasteiger partial charge in [0.15, 0.2) is 5.69 Å². The summed E-state index contributed by atoms with van der Waals surface area (Å²) in [7, 11) is 0. The summed E-state index contributed by atoms with van der Waals surface area (Å²) in [4.78, 5) is 16.6. The van der Waals surface area contributed by atoms with Crippen molar-refractivity contribution in [3.63, 3.8) is 0 Å². The van der Waals surface area contributed by atoms with Crippen molar-refractivity contribution in [1.29, 1.82) is 0 Å². The highest BCUT2D eigenvalue weighted by Crippen LogP contribution is 2.19. The zero-order valence-corrected chi connectivity index (χ0v) is 9.89. The molecule has 1 aromatic rings. The SMILES string of the molecule is CCOC(=O)c1nc(CCCN)sc1C. The van der Waals surface area contributed by atoms with Crippen LogP contribution in [0, 0.1) is 6.92 Å². The first-order valence-electron chi connectivity index (χ1n) is 5.02. The number of ether oxygens (including phenoxy) is 1. The van der Waals surface area contributed by atoms with E-state index in [1.54, 1.807) is 18.3 Å². The van der Waals surface area contributed by atoms with Crippen LogP contribution in [0.1, 0.15) is 33.7 Å². The van der Waals surface area contributed by atoms with Crippen molar-refractivity contribution in [2.75, 3.05) is 13.2 Å². The predicted octanol–water partition coefficient (Wildman–Crippen LogP) is 1.52. The van der Waals surface area contributed by atoms with E-state index in [9.17, 15) is 4.79 Å². The third-order valence-corrected chi connectivity index (χ3v) is 2.94. The van der Waals surface area contributed by atoms with E-state index in [4.69, 9.17) is 10.5 Å². The van der Waals surface area contributed by atoms with Crippen LogP contribution in [-0.4, -0.2) is 24.1 Å². The molecule has 0 saturated carbocycles. The highest BCUT2D eigenvalue weighted by atomic mass is 32.1. The normalized spacial score (nSPS) is 10.3. The van der Waals surface area contributed by atoms with Crippen LogP contribution in [0.4, 0.5) is 0 Å². The summed E-state index contributed by atoms with van der Waals surface area (Å²) in [6.07, 6.45) is 1.73. The lowest BCUT2D eigenvalue weighted by molar-refractivity contribution is 0.0519. The van der Waals surface area contributed by atoms with Gasteiger partial charge in [-0.05, 0) is 26.8 Å². The predicted molar refractivity (Wildman–Crippen MR) is 60.2 cm³/mol. The van der Waals surface area contributed by atoms with E-state index in [1.807, 2.05) is 6.92 Å². The van der Waals surface area contributed by atoms with Gasteiger partial charge < -0.3 is 10.5 Å². The number of carbonyl (C=O) groups is 1. The number of thiazole rings is 1. The van der Waals surface area contributed by atoms with Gasteiger partial charge in [0, 0.05) is 11.3 Å². The molecule has 0 fully saturated rings. The number of esters is 1. The molecule has 0 saturated heterocycles. The van der Waals surface area contributed by atoms with Crippen LogP contribution in [0.25, 0.3) is 0 Å². The van der Waals surface area contributed by atoms with Crippen LogP contribution >= 0.6 is 11.3 Å². The van der Waals surface area contributed by atoms with Gasteiger partial charge in [-0.1, -0.05) is 0 Å². The Morgan fingerprint density at radius 2 is 2.33 bits per heavy atom. The van der Waals surface area contributed by atoms with E-state index in [0.29, 0.717) is 18.8 Å². The van der Waals surface area contributed by atoms with Crippen LogP contribution < -0.4 is 5.73 Å². The third-order valence-electron chi connectivity index (χ3n) is 1.90. The Morgan fingerprint density at radius 3 is 2.93 bits per heavy atom. The standard InChI is InChI=1S/C10H16N2O2S/c1-3-14-10(13)9-7(2)15-8(12-9)5-4-6-11/h3-6,11H2,1-2H3. The number of carbonyl (C=O) groups excluding carboxylic acids is 1. The number of hydrogen-bond donors (Lipinski definition) is 1. The Morgan fingerprint density at radius 1 is 1.60 bits per heavy atom. The third kappa shape index (κ3) is 3.28. The fourth-order valence-electron chi connectivity index (χ4n) is 1.20. The van der Waals surface area contributed by atoms with Crippen LogP contribution in [-0.2, 0) is 11.2 Å². The first kappa shape index (κ1) is 12.1. The van der Waals surface area contributed by atoms with Crippen molar-refractivity contribution in [2.24, 2.45) is 5.73 Å². The molecule has 0 aliphatic carbocycles. The first-order valence-corrected chi connectivity index (χ1v) is 5.84. The molecule has 0 spiro atoms. The molecule has 0 radical (unpaired) electrons. The largest absolute Gasteiger partial charge is 0.461 e. The topological polar surface area (TPSA) is 65.2 Å². The van der Waals surface area contributed by atoms with Gasteiger partial charge in [0.1, 0.15) is 0 Å². The van der Waals surface area contributed by atoms with Crippen LogP contribution in [0.3, 0.4) is 0 Å². The number of aryl methyl sites for hydroxylation is 2. The average Bonchev–Trinajstić information content (AvgIpc) is 2.57. The van der Waals surface area contributed by atoms with Crippen molar-refractivity contribution in [1.82, 2.24) is 4.98 Å². The van der Waals surface area contributed by atoms with Crippen LogP contribution in [0.2, 0.25) is 0 Å². The summed E-state index contributed by atoms with van der Waals surface area (Å²) in [5.41, 5.74) is 5.87. The number of nitrogens with zero attached hydrogens (tertiary/aromatic N) is 1. The maximum atomic E-state index is 11.4. The molecule has 1 rings (SSSR count). The summed E-state index contributed by atoms with van der Waals surface area (Å²) >= 11 is 1.54. The summed E-state index contributed by atoms with van der Waals surface area (Å²) in [5, 5.41) is 0.959. The van der Waals surface area contributed by atoms with Crippen molar-refractivity contribution >= 4 is 17.3 Å². The number of hydrogen-bond acceptors (Lipinski definition) is 5. The van der Waals surface area contributed by atoms with E-state index < -0.39 is 0 Å². The zero-order valence-electron chi connectivity index (χ0n) is 9.08. The van der Waals surface area contributed by atoms with Crippen molar-refractivity contribution in [3.8, 4) is 0 Å². The van der Waals surface area contributed by atoms with Gasteiger partial charge in [0.2, 0.25) is 0 Å². The van der Waals surface area contributed by atoms with E-state index in [0.717, 1.165) is 22.7 Å². The highest BCUT2D eigenvalue weighted by Gasteiger charge is 2.15. The molecule has 15 heavy (non-hydrogen) atoms. The summed E-state index contributed by atoms with van der Waals surface area (Å²) in [5.74, 6) is -0.328. The van der Waals surface area contributed by atoms with Gasteiger partial charge in [0.05, 0.1) is 11.6 Å². The van der Waals surface area contributed by atoms with Crippen molar-refractivity contribution < 1.29 is 9.53 Å². The molecule has 5 heteroatoms. The maximum absolute atomic E-state index is 11.4. The zero-order chi connectivity index (χ0) is 11.3. The van der Waals surface area contributed by atoms with Crippen molar-refractivity contribution in [3.05, 3.63) is 15.6 Å². The molecule has 84 valence electrons. The lowest BCUT2D eigenvalue weighted by Crippen LogP contribution is -2.07. The minimum Gasteiger partial charge on any atom is -0.461 e. The molecule has 0 amide bonds. The maximum Gasteiger partial charge on any atom is 0.358 e. The molecule has 0 bridgehead atoms. The Labute approximate surface area is 93.5 Å². The van der Waals surface area contributed by atoms with Crippen LogP contribution in [0.5, 0.6) is 0 Å². The van der Waals surface area contributed by atoms with Gasteiger partial charge in [0.25, 0.3) is 0 Å². The average molecular weight is 228 g/mol. The van der Waals surface area contributed by atoms with E-state index in [2.05, 4.69) is 4.98 Å². The van der Waals surface area contributed by atoms with Crippen molar-refractivity contribution in [2.45, 2.75) is 26.7 Å². The monoisotopic (exact) mass is 228 g/mol.